The van der Waals surface area contributed by atoms with Crippen molar-refractivity contribution < 1.29 is 14.2 Å². The maximum atomic E-state index is 6.36. The molecule has 0 aromatic rings. The highest BCUT2D eigenvalue weighted by molar-refractivity contribution is 5.25. The molecule has 0 aromatic carbocycles. The first kappa shape index (κ1) is 28.6. The van der Waals surface area contributed by atoms with Gasteiger partial charge >= 0.3 is 0 Å². The van der Waals surface area contributed by atoms with Crippen LogP contribution in [0, 0.1) is 46.3 Å². The van der Waals surface area contributed by atoms with Crippen molar-refractivity contribution in [1.29, 1.82) is 0 Å². The number of ether oxygens (including phenoxy) is 3. The van der Waals surface area contributed by atoms with E-state index in [-0.39, 0.29) is 6.29 Å². The van der Waals surface area contributed by atoms with Crippen molar-refractivity contribution in [3.63, 3.8) is 0 Å². The molecule has 3 fully saturated rings. The number of fused-ring (bicyclic) bond motifs is 5. The third-order valence-electron chi connectivity index (χ3n) is 11.4. The van der Waals surface area contributed by atoms with Gasteiger partial charge in [-0.15, -0.1) is 0 Å². The van der Waals surface area contributed by atoms with Gasteiger partial charge in [0.15, 0.2) is 6.29 Å². The summed E-state index contributed by atoms with van der Waals surface area (Å²) in [6, 6.07) is 0. The van der Waals surface area contributed by atoms with Crippen LogP contribution in [0.3, 0.4) is 0 Å². The van der Waals surface area contributed by atoms with Gasteiger partial charge in [0.2, 0.25) is 0 Å². The van der Waals surface area contributed by atoms with Crippen molar-refractivity contribution >= 4 is 0 Å². The van der Waals surface area contributed by atoms with Crippen LogP contribution < -0.4 is 0 Å². The Morgan fingerprint density at radius 1 is 0.917 bits per heavy atom. The molecular formula is C33H58O3. The molecule has 0 heterocycles. The molecule has 0 amide bonds. The maximum Gasteiger partial charge on any atom is 0.180 e. The molecule has 0 radical (unpaired) electrons. The largest absolute Gasteiger partial charge is 0.373 e. The Morgan fingerprint density at radius 3 is 2.36 bits per heavy atom. The lowest BCUT2D eigenvalue weighted by atomic mass is 9.47. The zero-order valence-corrected chi connectivity index (χ0v) is 24.8. The van der Waals surface area contributed by atoms with Gasteiger partial charge in [0.1, 0.15) is 0 Å². The second-order valence-corrected chi connectivity index (χ2v) is 13.8. The Bertz CT molecular complexity index is 724. The molecule has 4 rings (SSSR count). The molecule has 0 bridgehead atoms. The summed E-state index contributed by atoms with van der Waals surface area (Å²) in [5, 5.41) is 0. The van der Waals surface area contributed by atoms with Crippen LogP contribution in [-0.2, 0) is 14.2 Å². The molecule has 3 heteroatoms. The fraction of sp³-hybridized carbons (Fsp3) is 0.939. The van der Waals surface area contributed by atoms with Gasteiger partial charge in [-0.2, -0.15) is 0 Å². The van der Waals surface area contributed by atoms with E-state index in [0.29, 0.717) is 36.8 Å². The minimum Gasteiger partial charge on any atom is -0.373 e. The zero-order valence-electron chi connectivity index (χ0n) is 24.8. The second kappa shape index (κ2) is 12.2. The van der Waals surface area contributed by atoms with E-state index in [1.165, 1.54) is 64.2 Å². The van der Waals surface area contributed by atoms with Crippen molar-refractivity contribution in [2.24, 2.45) is 46.3 Å². The standard InChI is InChI=1S/C33H58O3/c1-8-34-31(35-9-2)22-36-26-17-19-32(6)25(21-26)13-14-27-29-16-15-28(24(5)12-10-11-23(3)4)33(29,7)20-18-30(27)32/h13,23-24,26-31H,8-12,14-22H2,1-7H3. The third kappa shape index (κ3) is 5.79. The van der Waals surface area contributed by atoms with Crippen molar-refractivity contribution in [3.8, 4) is 0 Å². The Labute approximate surface area is 223 Å². The number of hydrogen-bond acceptors (Lipinski definition) is 3. The molecule has 8 atom stereocenters. The first-order valence-corrected chi connectivity index (χ1v) is 15.8. The summed E-state index contributed by atoms with van der Waals surface area (Å²) < 4.78 is 17.8. The Kier molecular flexibility index (Phi) is 9.71. The van der Waals surface area contributed by atoms with Crippen LogP contribution >= 0.6 is 0 Å². The molecule has 0 N–H and O–H groups in total. The normalized spacial score (nSPS) is 39.0. The van der Waals surface area contributed by atoms with Gasteiger partial charge in [-0.25, -0.2) is 0 Å². The summed E-state index contributed by atoms with van der Waals surface area (Å²) in [5.41, 5.74) is 2.68. The molecule has 208 valence electrons. The van der Waals surface area contributed by atoms with E-state index in [0.717, 1.165) is 41.9 Å². The Morgan fingerprint density at radius 2 is 1.67 bits per heavy atom. The second-order valence-electron chi connectivity index (χ2n) is 13.8. The van der Waals surface area contributed by atoms with Crippen LogP contribution in [0.2, 0.25) is 0 Å². The lowest BCUT2D eigenvalue weighted by molar-refractivity contribution is -0.179. The van der Waals surface area contributed by atoms with Gasteiger partial charge in [0, 0.05) is 13.2 Å². The molecule has 3 saturated carbocycles. The van der Waals surface area contributed by atoms with Crippen molar-refractivity contribution in [3.05, 3.63) is 11.6 Å². The minimum absolute atomic E-state index is 0.225. The Balaban J connectivity index is 1.38. The van der Waals surface area contributed by atoms with E-state index < -0.39 is 0 Å². The van der Waals surface area contributed by atoms with Gasteiger partial charge in [0.25, 0.3) is 0 Å². The first-order valence-electron chi connectivity index (χ1n) is 15.8. The molecule has 4 aliphatic carbocycles. The third-order valence-corrected chi connectivity index (χ3v) is 11.4. The van der Waals surface area contributed by atoms with Gasteiger partial charge in [-0.3, -0.25) is 0 Å². The summed E-state index contributed by atoms with van der Waals surface area (Å²) in [7, 11) is 0. The van der Waals surface area contributed by atoms with Gasteiger partial charge in [0.05, 0.1) is 12.7 Å². The SMILES string of the molecule is CCOC(COC1CCC2(C)C(=CCC3C2CCC2(C)C(C(C)CCCC(C)C)CCC32)C1)OCC. The predicted molar refractivity (Wildman–Crippen MR) is 150 cm³/mol. The van der Waals surface area contributed by atoms with Gasteiger partial charge in [-0.05, 0) is 112 Å². The molecule has 0 saturated heterocycles. The van der Waals surface area contributed by atoms with E-state index in [9.17, 15) is 0 Å². The van der Waals surface area contributed by atoms with Crippen LogP contribution in [0.4, 0.5) is 0 Å². The highest BCUT2D eigenvalue weighted by Crippen LogP contribution is 2.67. The van der Waals surface area contributed by atoms with Gasteiger partial charge in [-0.1, -0.05) is 65.5 Å². The maximum absolute atomic E-state index is 6.36. The topological polar surface area (TPSA) is 27.7 Å². The molecule has 36 heavy (non-hydrogen) atoms. The molecule has 0 spiro atoms. The molecule has 4 aliphatic rings. The van der Waals surface area contributed by atoms with E-state index in [1.54, 1.807) is 5.57 Å². The number of rotatable bonds is 12. The highest BCUT2D eigenvalue weighted by atomic mass is 16.7. The summed E-state index contributed by atoms with van der Waals surface area (Å²) >= 11 is 0. The van der Waals surface area contributed by atoms with Crippen LogP contribution in [-0.4, -0.2) is 32.2 Å². The van der Waals surface area contributed by atoms with E-state index in [2.05, 4.69) is 40.7 Å². The summed E-state index contributed by atoms with van der Waals surface area (Å²) in [6.45, 7) is 18.6. The van der Waals surface area contributed by atoms with Crippen LogP contribution in [0.1, 0.15) is 119 Å². The van der Waals surface area contributed by atoms with Crippen molar-refractivity contribution in [1.82, 2.24) is 0 Å². The average Bonchev–Trinajstić information content (AvgIpc) is 3.20. The fourth-order valence-corrected chi connectivity index (χ4v) is 9.53. The molecule has 3 nitrogen and oxygen atoms in total. The van der Waals surface area contributed by atoms with E-state index >= 15 is 0 Å². The number of allylic oxidation sites excluding steroid dienone is 1. The molecule has 8 unspecified atom stereocenters. The molecular weight excluding hydrogens is 444 g/mol. The first-order chi connectivity index (χ1) is 17.2. The van der Waals surface area contributed by atoms with E-state index in [1.807, 2.05) is 13.8 Å². The highest BCUT2D eigenvalue weighted by Gasteiger charge is 2.59. The lowest BCUT2D eigenvalue weighted by Crippen LogP contribution is -2.51. The molecule has 0 aliphatic heterocycles. The number of hydrogen-bond donors (Lipinski definition) is 0. The quantitative estimate of drug-likeness (QED) is 0.197. The van der Waals surface area contributed by atoms with Gasteiger partial charge < -0.3 is 14.2 Å². The zero-order chi connectivity index (χ0) is 25.9. The fourth-order valence-electron chi connectivity index (χ4n) is 9.53. The minimum atomic E-state index is -0.225. The van der Waals surface area contributed by atoms with Crippen molar-refractivity contribution in [2.45, 2.75) is 131 Å². The van der Waals surface area contributed by atoms with Crippen LogP contribution in [0.15, 0.2) is 11.6 Å². The van der Waals surface area contributed by atoms with Crippen LogP contribution in [0.25, 0.3) is 0 Å². The smallest absolute Gasteiger partial charge is 0.180 e. The molecule has 0 aromatic heterocycles. The van der Waals surface area contributed by atoms with E-state index in [4.69, 9.17) is 14.2 Å². The summed E-state index contributed by atoms with van der Waals surface area (Å²) in [5.74, 6) is 5.41. The van der Waals surface area contributed by atoms with Crippen molar-refractivity contribution in [2.75, 3.05) is 19.8 Å². The average molecular weight is 503 g/mol. The monoisotopic (exact) mass is 502 g/mol. The summed E-state index contributed by atoms with van der Waals surface area (Å²) in [4.78, 5) is 0. The summed E-state index contributed by atoms with van der Waals surface area (Å²) in [6.07, 6.45) is 17.8. The lowest BCUT2D eigenvalue weighted by Gasteiger charge is -2.58. The Hall–Kier alpha value is -0.380. The van der Waals surface area contributed by atoms with Crippen LogP contribution in [0.5, 0.6) is 0 Å². The predicted octanol–water partition coefficient (Wildman–Crippen LogP) is 8.81.